The van der Waals surface area contributed by atoms with Crippen LogP contribution in [0.1, 0.15) is 45.4 Å². The van der Waals surface area contributed by atoms with E-state index < -0.39 is 19.3 Å². The molecule has 1 saturated heterocycles. The zero-order valence-corrected chi connectivity index (χ0v) is 19.4. The van der Waals surface area contributed by atoms with Gasteiger partial charge in [-0.1, -0.05) is 12.2 Å². The van der Waals surface area contributed by atoms with Gasteiger partial charge in [0.25, 0.3) is 0 Å². The summed E-state index contributed by atoms with van der Waals surface area (Å²) in [6.45, 7) is 13.2. The lowest BCUT2D eigenvalue weighted by atomic mass is 9.60. The third-order valence-electron chi connectivity index (χ3n) is 9.02. The molecule has 1 spiro atoms. The number of fused-ring (bicyclic) bond motifs is 1. The van der Waals surface area contributed by atoms with E-state index in [0.29, 0.717) is 5.92 Å². The fraction of sp³-hybridized carbons (Fsp3) is 0.826. The first-order chi connectivity index (χ1) is 13.5. The highest BCUT2D eigenvalue weighted by Crippen LogP contribution is 2.78. The summed E-state index contributed by atoms with van der Waals surface area (Å²) in [4.78, 5) is 26.3. The van der Waals surface area contributed by atoms with Gasteiger partial charge in [-0.3, -0.25) is 9.59 Å². The van der Waals surface area contributed by atoms with Crippen LogP contribution in [0, 0.1) is 34.5 Å². The molecule has 4 saturated carbocycles. The minimum Gasteiger partial charge on any atom is -0.469 e. The number of rotatable bonds is 3. The Kier molecular flexibility index (Phi) is 3.93. The first kappa shape index (κ1) is 19.8. The second kappa shape index (κ2) is 5.76. The Balaban J connectivity index is 1.66. The summed E-state index contributed by atoms with van der Waals surface area (Å²) in [5.41, 5.74) is -0.116. The lowest BCUT2D eigenvalue weighted by molar-refractivity contribution is -0.163. The van der Waals surface area contributed by atoms with Crippen molar-refractivity contribution in [1.29, 1.82) is 0 Å². The summed E-state index contributed by atoms with van der Waals surface area (Å²) in [6.07, 6.45) is 5.36. The lowest BCUT2D eigenvalue weighted by Gasteiger charge is -2.47. The summed E-state index contributed by atoms with van der Waals surface area (Å²) >= 11 is 0. The number of hydrogen-bond acceptors (Lipinski definition) is 5. The number of carbonyl (C=O) groups excluding carboxylic acids is 2. The van der Waals surface area contributed by atoms with E-state index in [2.05, 4.69) is 26.2 Å². The molecular formula is C23H34O5Si. The van der Waals surface area contributed by atoms with Gasteiger partial charge in [-0.15, -0.1) is 0 Å². The van der Waals surface area contributed by atoms with Crippen LogP contribution >= 0.6 is 0 Å². The second-order valence-corrected chi connectivity index (χ2v) is 16.0. The van der Waals surface area contributed by atoms with E-state index in [9.17, 15) is 9.59 Å². The molecule has 160 valence electrons. The summed E-state index contributed by atoms with van der Waals surface area (Å²) in [6, 6.07) is 0. The van der Waals surface area contributed by atoms with Crippen LogP contribution in [-0.4, -0.2) is 39.1 Å². The van der Waals surface area contributed by atoms with E-state index in [1.807, 2.05) is 6.92 Å². The normalized spacial score (nSPS) is 50.2. The maximum Gasteiger partial charge on any atom is 0.312 e. The maximum absolute atomic E-state index is 13.2. The molecule has 5 aliphatic rings. The van der Waals surface area contributed by atoms with Gasteiger partial charge in [-0.05, 0) is 70.5 Å². The van der Waals surface area contributed by atoms with Crippen LogP contribution in [0.5, 0.6) is 0 Å². The molecule has 5 nitrogen and oxygen atoms in total. The Bertz CT molecular complexity index is 802. The van der Waals surface area contributed by atoms with Crippen molar-refractivity contribution in [3.8, 4) is 0 Å². The molecule has 0 N–H and O–H groups in total. The number of methoxy groups -OCH3 is 1. The molecule has 0 amide bonds. The van der Waals surface area contributed by atoms with Gasteiger partial charge in [-0.2, -0.15) is 0 Å². The minimum atomic E-state index is -1.74. The van der Waals surface area contributed by atoms with Gasteiger partial charge >= 0.3 is 11.9 Å². The van der Waals surface area contributed by atoms with Crippen molar-refractivity contribution in [1.82, 2.24) is 0 Å². The van der Waals surface area contributed by atoms with E-state index in [4.69, 9.17) is 13.9 Å². The van der Waals surface area contributed by atoms with E-state index in [1.54, 1.807) is 0 Å². The van der Waals surface area contributed by atoms with Crippen LogP contribution in [-0.2, 0) is 23.5 Å². The van der Waals surface area contributed by atoms with Gasteiger partial charge in [0.1, 0.15) is 5.60 Å². The highest BCUT2D eigenvalue weighted by Gasteiger charge is 2.82. The molecule has 0 radical (unpaired) electrons. The van der Waals surface area contributed by atoms with Crippen LogP contribution in [0.25, 0.3) is 0 Å². The molecule has 3 unspecified atom stereocenters. The van der Waals surface area contributed by atoms with Gasteiger partial charge in [0.2, 0.25) is 0 Å². The van der Waals surface area contributed by atoms with E-state index in [1.165, 1.54) is 12.7 Å². The second-order valence-electron chi connectivity index (χ2n) is 11.5. The summed E-state index contributed by atoms with van der Waals surface area (Å²) in [5, 5.41) is 0. The van der Waals surface area contributed by atoms with Crippen molar-refractivity contribution < 1.29 is 23.5 Å². The van der Waals surface area contributed by atoms with Crippen molar-refractivity contribution in [2.45, 2.75) is 76.8 Å². The van der Waals surface area contributed by atoms with Gasteiger partial charge in [0, 0.05) is 17.8 Å². The molecule has 0 aromatic carbocycles. The predicted octanol–water partition coefficient (Wildman–Crippen LogP) is 4.08. The lowest BCUT2D eigenvalue weighted by Crippen LogP contribution is -2.50. The van der Waals surface area contributed by atoms with E-state index in [-0.39, 0.29) is 41.2 Å². The monoisotopic (exact) mass is 418 g/mol. The first-order valence-corrected chi connectivity index (χ1v) is 14.6. The third-order valence-corrected chi connectivity index (χ3v) is 10.0. The number of esters is 2. The molecule has 8 atom stereocenters. The molecule has 1 heterocycles. The zero-order chi connectivity index (χ0) is 21.0. The molecule has 4 bridgehead atoms. The smallest absolute Gasteiger partial charge is 0.312 e. The van der Waals surface area contributed by atoms with Crippen LogP contribution < -0.4 is 0 Å². The van der Waals surface area contributed by atoms with E-state index >= 15 is 0 Å². The SMILES string of the molecule is C=C1C[C@]23C[C@H]1[C@@H](O[Si](C)(C)C)CC2[C@@]12CCCC(C)(C(=O)O1)C2[C@@H]3C(=O)OC. The Hall–Kier alpha value is -1.14. The van der Waals surface area contributed by atoms with E-state index in [0.717, 1.165) is 38.5 Å². The molecular weight excluding hydrogens is 384 g/mol. The Morgan fingerprint density at radius 1 is 1.28 bits per heavy atom. The first-order valence-electron chi connectivity index (χ1n) is 11.2. The third kappa shape index (κ3) is 2.30. The molecule has 0 aromatic rings. The number of carbonyl (C=O) groups is 2. The van der Waals surface area contributed by atoms with Crippen molar-refractivity contribution in [3.63, 3.8) is 0 Å². The highest BCUT2D eigenvalue weighted by molar-refractivity contribution is 6.69. The molecule has 29 heavy (non-hydrogen) atoms. The van der Waals surface area contributed by atoms with Crippen molar-refractivity contribution in [2.75, 3.05) is 7.11 Å². The quantitative estimate of drug-likeness (QED) is 0.393. The minimum absolute atomic E-state index is 0.0918. The molecule has 6 heteroatoms. The van der Waals surface area contributed by atoms with Crippen molar-refractivity contribution in [3.05, 3.63) is 12.2 Å². The van der Waals surface area contributed by atoms with Crippen LogP contribution in [0.4, 0.5) is 0 Å². The zero-order valence-electron chi connectivity index (χ0n) is 18.4. The Morgan fingerprint density at radius 3 is 2.66 bits per heavy atom. The molecule has 5 rings (SSSR count). The fourth-order valence-corrected chi connectivity index (χ4v) is 9.52. The Labute approximate surface area is 174 Å². The topological polar surface area (TPSA) is 61.8 Å². The largest absolute Gasteiger partial charge is 0.469 e. The predicted molar refractivity (Wildman–Crippen MR) is 110 cm³/mol. The molecule has 0 aromatic heterocycles. The van der Waals surface area contributed by atoms with Gasteiger partial charge in [-0.25, -0.2) is 0 Å². The molecule has 1 aliphatic heterocycles. The standard InChI is InChI=1S/C23H34O5Si/c1-13-11-22-12-14(13)15(28-29(4,5)6)10-16(22)23-9-7-8-21(2,20(25)27-23)18(23)17(22)19(24)26-3/h14-18H,1,7-12H2,2-6H3/t14-,15+,16?,17-,18?,21?,22+,23-/m1/s1. The maximum atomic E-state index is 13.2. The highest BCUT2D eigenvalue weighted by atomic mass is 28.4. The summed E-state index contributed by atoms with van der Waals surface area (Å²) in [5.74, 6) is -0.206. The van der Waals surface area contributed by atoms with Crippen LogP contribution in [0.2, 0.25) is 19.6 Å². The number of ether oxygens (including phenoxy) is 2. The fourth-order valence-electron chi connectivity index (χ4n) is 8.35. The summed E-state index contributed by atoms with van der Waals surface area (Å²) < 4.78 is 18.4. The summed E-state index contributed by atoms with van der Waals surface area (Å²) in [7, 11) is -0.260. The average Bonchev–Trinajstić information content (AvgIpc) is 3.08. The van der Waals surface area contributed by atoms with Gasteiger partial charge < -0.3 is 13.9 Å². The molecule has 5 fully saturated rings. The van der Waals surface area contributed by atoms with Crippen molar-refractivity contribution >= 4 is 20.3 Å². The van der Waals surface area contributed by atoms with Crippen LogP contribution in [0.3, 0.4) is 0 Å². The Morgan fingerprint density at radius 2 is 2.00 bits per heavy atom. The van der Waals surface area contributed by atoms with Crippen molar-refractivity contribution in [2.24, 2.45) is 34.5 Å². The van der Waals surface area contributed by atoms with Gasteiger partial charge in [0.15, 0.2) is 8.32 Å². The number of hydrogen-bond donors (Lipinski definition) is 0. The van der Waals surface area contributed by atoms with Gasteiger partial charge in [0.05, 0.1) is 24.5 Å². The average molecular weight is 419 g/mol. The van der Waals surface area contributed by atoms with Crippen LogP contribution in [0.15, 0.2) is 12.2 Å². The molecule has 4 aliphatic carbocycles.